The van der Waals surface area contributed by atoms with Gasteiger partial charge in [0, 0.05) is 17.6 Å². The zero-order chi connectivity index (χ0) is 16.7. The number of nitrogens with one attached hydrogen (secondary N) is 3. The van der Waals surface area contributed by atoms with E-state index in [4.69, 9.17) is 23.2 Å². The van der Waals surface area contributed by atoms with Gasteiger partial charge in [-0.1, -0.05) is 23.2 Å². The van der Waals surface area contributed by atoms with Crippen molar-refractivity contribution in [1.82, 2.24) is 16.0 Å². The van der Waals surface area contributed by atoms with Crippen molar-refractivity contribution in [3.05, 3.63) is 33.6 Å². The average molecular weight is 350 g/mol. The highest BCUT2D eigenvalue weighted by molar-refractivity contribution is 6.35. The van der Waals surface area contributed by atoms with Gasteiger partial charge in [0.1, 0.15) is 5.82 Å². The van der Waals surface area contributed by atoms with Crippen LogP contribution in [0.4, 0.5) is 4.39 Å². The Bertz CT molecular complexity index is 555. The van der Waals surface area contributed by atoms with Crippen LogP contribution in [0.3, 0.4) is 0 Å². The smallest absolute Gasteiger partial charge is 0.239 e. The fourth-order valence-corrected chi connectivity index (χ4v) is 2.27. The first kappa shape index (κ1) is 18.7. The molecular formula is C14H18Cl2FN3O2. The van der Waals surface area contributed by atoms with E-state index in [0.717, 1.165) is 0 Å². The maximum absolute atomic E-state index is 13.5. The lowest BCUT2D eigenvalue weighted by Gasteiger charge is -2.16. The number of carbonyl (C=O) groups is 2. The molecule has 0 bridgehead atoms. The molecule has 122 valence electrons. The van der Waals surface area contributed by atoms with Crippen molar-refractivity contribution >= 4 is 35.0 Å². The fourth-order valence-electron chi connectivity index (χ4n) is 1.73. The molecule has 0 aliphatic heterocycles. The molecule has 0 aromatic heterocycles. The summed E-state index contributed by atoms with van der Waals surface area (Å²) in [5.74, 6) is -1.18. The topological polar surface area (TPSA) is 70.2 Å². The normalized spacial score (nSPS) is 11.9. The van der Waals surface area contributed by atoms with Gasteiger partial charge < -0.3 is 16.0 Å². The molecule has 0 radical (unpaired) electrons. The molecule has 0 fully saturated rings. The molecule has 0 aliphatic rings. The van der Waals surface area contributed by atoms with Crippen LogP contribution in [0.1, 0.15) is 25.5 Å². The molecule has 5 nitrogen and oxygen atoms in total. The number of hydrogen-bond donors (Lipinski definition) is 3. The molecule has 22 heavy (non-hydrogen) atoms. The van der Waals surface area contributed by atoms with Gasteiger partial charge in [-0.15, -0.1) is 0 Å². The third kappa shape index (κ3) is 5.79. The first-order valence-corrected chi connectivity index (χ1v) is 7.52. The van der Waals surface area contributed by atoms with Crippen molar-refractivity contribution in [2.75, 3.05) is 19.6 Å². The molecule has 0 aliphatic carbocycles. The standard InChI is InChI=1S/C14H18Cl2FN3O2/c1-3-18-13(21)7-20-14(22)6-19-8(2)9-4-12(17)11(16)5-10(9)15/h4-5,8,19H,3,6-7H2,1-2H3,(H,18,21)(H,20,22)/t8-/m0/s1. The van der Waals surface area contributed by atoms with Gasteiger partial charge in [-0.25, -0.2) is 4.39 Å². The third-order valence-electron chi connectivity index (χ3n) is 2.89. The lowest BCUT2D eigenvalue weighted by atomic mass is 10.1. The van der Waals surface area contributed by atoms with Gasteiger partial charge >= 0.3 is 0 Å². The van der Waals surface area contributed by atoms with Crippen molar-refractivity contribution in [3.63, 3.8) is 0 Å². The molecule has 1 aromatic rings. The Balaban J connectivity index is 2.49. The number of hydrogen-bond acceptors (Lipinski definition) is 3. The number of halogens is 3. The number of amides is 2. The highest BCUT2D eigenvalue weighted by atomic mass is 35.5. The monoisotopic (exact) mass is 349 g/mol. The van der Waals surface area contributed by atoms with E-state index in [1.807, 2.05) is 0 Å². The lowest BCUT2D eigenvalue weighted by Crippen LogP contribution is -2.41. The Hall–Kier alpha value is -1.37. The zero-order valence-electron chi connectivity index (χ0n) is 12.3. The summed E-state index contributed by atoms with van der Waals surface area (Å²) in [6, 6.07) is 2.20. The van der Waals surface area contributed by atoms with Gasteiger partial charge in [0.05, 0.1) is 18.1 Å². The number of likely N-dealkylation sites (N-methyl/N-ethyl adjacent to an activating group) is 1. The Kier molecular flexibility index (Phi) is 7.58. The maximum atomic E-state index is 13.5. The Morgan fingerprint density at radius 2 is 1.77 bits per heavy atom. The van der Waals surface area contributed by atoms with Crippen LogP contribution in [-0.4, -0.2) is 31.4 Å². The van der Waals surface area contributed by atoms with E-state index in [9.17, 15) is 14.0 Å². The van der Waals surface area contributed by atoms with Crippen LogP contribution >= 0.6 is 23.2 Å². The lowest BCUT2D eigenvalue weighted by molar-refractivity contribution is -0.125. The van der Waals surface area contributed by atoms with E-state index in [-0.39, 0.29) is 36.0 Å². The van der Waals surface area contributed by atoms with Crippen molar-refractivity contribution < 1.29 is 14.0 Å². The van der Waals surface area contributed by atoms with Crippen molar-refractivity contribution in [3.8, 4) is 0 Å². The predicted molar refractivity (Wildman–Crippen MR) is 84.5 cm³/mol. The number of carbonyl (C=O) groups excluding carboxylic acids is 2. The summed E-state index contributed by atoms with van der Waals surface area (Å²) in [4.78, 5) is 22.8. The van der Waals surface area contributed by atoms with Gasteiger partial charge in [0.2, 0.25) is 11.8 Å². The van der Waals surface area contributed by atoms with Gasteiger partial charge in [0.25, 0.3) is 0 Å². The van der Waals surface area contributed by atoms with Crippen LogP contribution in [-0.2, 0) is 9.59 Å². The minimum absolute atomic E-state index is 0.0266. The van der Waals surface area contributed by atoms with E-state index >= 15 is 0 Å². The Labute approximate surface area is 138 Å². The fraction of sp³-hybridized carbons (Fsp3) is 0.429. The average Bonchev–Trinajstić information content (AvgIpc) is 2.46. The zero-order valence-corrected chi connectivity index (χ0v) is 13.8. The molecule has 0 saturated carbocycles. The SMILES string of the molecule is CCNC(=O)CNC(=O)CN[C@@H](C)c1cc(F)c(Cl)cc1Cl. The summed E-state index contributed by atoms with van der Waals surface area (Å²) in [6.07, 6.45) is 0. The van der Waals surface area contributed by atoms with Crippen molar-refractivity contribution in [2.45, 2.75) is 19.9 Å². The number of benzene rings is 1. The quantitative estimate of drug-likeness (QED) is 0.659. The summed E-state index contributed by atoms with van der Waals surface area (Å²) in [5, 5.41) is 8.20. The van der Waals surface area contributed by atoms with E-state index in [2.05, 4.69) is 16.0 Å². The Morgan fingerprint density at radius 1 is 1.14 bits per heavy atom. The van der Waals surface area contributed by atoms with Gasteiger partial charge in [-0.05, 0) is 31.5 Å². The van der Waals surface area contributed by atoms with Gasteiger partial charge in [-0.3, -0.25) is 9.59 Å². The van der Waals surface area contributed by atoms with Crippen molar-refractivity contribution in [2.24, 2.45) is 0 Å². The van der Waals surface area contributed by atoms with Crippen molar-refractivity contribution in [1.29, 1.82) is 0 Å². The van der Waals surface area contributed by atoms with E-state index < -0.39 is 5.82 Å². The van der Waals surface area contributed by atoms with Crippen LogP contribution in [0, 0.1) is 5.82 Å². The molecule has 2 amide bonds. The second-order valence-electron chi connectivity index (χ2n) is 4.62. The maximum Gasteiger partial charge on any atom is 0.239 e. The molecule has 0 unspecified atom stereocenters. The first-order valence-electron chi connectivity index (χ1n) is 6.76. The van der Waals surface area contributed by atoms with E-state index in [1.54, 1.807) is 13.8 Å². The minimum Gasteiger partial charge on any atom is -0.355 e. The van der Waals surface area contributed by atoms with Gasteiger partial charge in [0.15, 0.2) is 0 Å². The summed E-state index contributed by atoms with van der Waals surface area (Å²) in [5.41, 5.74) is 0.500. The van der Waals surface area contributed by atoms with Crippen LogP contribution in [0.15, 0.2) is 12.1 Å². The highest BCUT2D eigenvalue weighted by Crippen LogP contribution is 2.28. The van der Waals surface area contributed by atoms with Gasteiger partial charge in [-0.2, -0.15) is 0 Å². The molecule has 1 rings (SSSR count). The highest BCUT2D eigenvalue weighted by Gasteiger charge is 2.14. The molecule has 8 heteroatoms. The van der Waals surface area contributed by atoms with E-state index in [0.29, 0.717) is 17.1 Å². The first-order chi connectivity index (χ1) is 10.3. The Morgan fingerprint density at radius 3 is 2.41 bits per heavy atom. The van der Waals surface area contributed by atoms with Crippen LogP contribution in [0.25, 0.3) is 0 Å². The molecule has 0 spiro atoms. The van der Waals surface area contributed by atoms with Crippen LogP contribution < -0.4 is 16.0 Å². The molecular weight excluding hydrogens is 332 g/mol. The molecule has 0 heterocycles. The van der Waals surface area contributed by atoms with E-state index in [1.165, 1.54) is 12.1 Å². The summed E-state index contributed by atoms with van der Waals surface area (Å²) >= 11 is 11.6. The summed E-state index contributed by atoms with van der Waals surface area (Å²) in [6.45, 7) is 3.93. The third-order valence-corrected chi connectivity index (χ3v) is 3.51. The summed E-state index contributed by atoms with van der Waals surface area (Å²) in [7, 11) is 0. The van der Waals surface area contributed by atoms with Crippen LogP contribution in [0.5, 0.6) is 0 Å². The van der Waals surface area contributed by atoms with Crippen LogP contribution in [0.2, 0.25) is 10.0 Å². The number of rotatable bonds is 7. The molecule has 0 saturated heterocycles. The minimum atomic E-state index is -0.574. The second-order valence-corrected chi connectivity index (χ2v) is 5.44. The molecule has 1 atom stereocenters. The second kappa shape index (κ2) is 8.92. The summed E-state index contributed by atoms with van der Waals surface area (Å²) < 4.78 is 13.5. The predicted octanol–water partition coefficient (Wildman–Crippen LogP) is 2.04. The molecule has 3 N–H and O–H groups in total. The molecule has 1 aromatic carbocycles. The largest absolute Gasteiger partial charge is 0.355 e.